The van der Waals surface area contributed by atoms with Gasteiger partial charge in [0.2, 0.25) is 0 Å². The molecule has 0 atom stereocenters. The number of halogens is 3. The monoisotopic (exact) mass is 338 g/mol. The van der Waals surface area contributed by atoms with Crippen molar-refractivity contribution in [2.24, 2.45) is 0 Å². The maximum Gasteiger partial charge on any atom is 0.416 e. The molecule has 1 aromatic carbocycles. The number of amides is 1. The molecule has 0 aliphatic heterocycles. The summed E-state index contributed by atoms with van der Waals surface area (Å²) in [5.41, 5.74) is -0.567. The lowest BCUT2D eigenvalue weighted by Crippen LogP contribution is -2.40. The predicted octanol–water partition coefficient (Wildman–Crippen LogP) is 3.77. The van der Waals surface area contributed by atoms with E-state index in [0.29, 0.717) is 11.5 Å². The number of aromatic nitrogens is 2. The molecule has 2 aromatic rings. The normalized spacial score (nSPS) is 11.9. The van der Waals surface area contributed by atoms with Gasteiger partial charge in [-0.05, 0) is 45.0 Å². The fourth-order valence-electron chi connectivity index (χ4n) is 1.84. The number of carbonyl (C=O) groups excluding carboxylic acids is 1. The van der Waals surface area contributed by atoms with Gasteiger partial charge in [0.1, 0.15) is 17.8 Å². The topological polar surface area (TPSA) is 66.9 Å². The summed E-state index contributed by atoms with van der Waals surface area (Å²) >= 11 is 0. The summed E-state index contributed by atoms with van der Waals surface area (Å²) in [6.07, 6.45) is -3.17. The summed E-state index contributed by atoms with van der Waals surface area (Å²) < 4.78 is 37.6. The van der Waals surface area contributed by atoms with Crippen molar-refractivity contribution in [3.63, 3.8) is 0 Å². The molecule has 0 fully saturated rings. The second-order valence-electron chi connectivity index (χ2n) is 6.19. The second-order valence-corrected chi connectivity index (χ2v) is 6.19. The van der Waals surface area contributed by atoms with E-state index in [4.69, 9.17) is 0 Å². The molecule has 5 nitrogen and oxygen atoms in total. The molecule has 8 heteroatoms. The molecular weight excluding hydrogens is 321 g/mol. The second kappa shape index (κ2) is 6.46. The molecule has 1 aromatic heterocycles. The van der Waals surface area contributed by atoms with Crippen molar-refractivity contribution in [3.8, 4) is 0 Å². The summed E-state index contributed by atoms with van der Waals surface area (Å²) in [6.45, 7) is 5.52. The Bertz CT molecular complexity index is 721. The Balaban J connectivity index is 2.13. The van der Waals surface area contributed by atoms with Crippen LogP contribution in [0.25, 0.3) is 0 Å². The van der Waals surface area contributed by atoms with Crippen LogP contribution in [0.15, 0.2) is 36.7 Å². The van der Waals surface area contributed by atoms with Crippen LogP contribution < -0.4 is 10.6 Å². The van der Waals surface area contributed by atoms with Gasteiger partial charge in [-0.3, -0.25) is 4.79 Å². The van der Waals surface area contributed by atoms with E-state index in [2.05, 4.69) is 20.6 Å². The molecule has 1 amide bonds. The molecule has 0 spiro atoms. The maximum atomic E-state index is 12.5. The molecule has 0 saturated carbocycles. The summed E-state index contributed by atoms with van der Waals surface area (Å²) in [6, 6.07) is 5.95. The van der Waals surface area contributed by atoms with E-state index < -0.39 is 17.3 Å². The van der Waals surface area contributed by atoms with E-state index in [1.165, 1.54) is 24.5 Å². The van der Waals surface area contributed by atoms with E-state index >= 15 is 0 Å². The van der Waals surface area contributed by atoms with E-state index in [1.807, 2.05) is 20.8 Å². The van der Waals surface area contributed by atoms with E-state index in [9.17, 15) is 18.0 Å². The fourth-order valence-corrected chi connectivity index (χ4v) is 1.84. The number of nitrogens with one attached hydrogen (secondary N) is 2. The Kier molecular flexibility index (Phi) is 4.77. The highest BCUT2D eigenvalue weighted by Gasteiger charge is 2.29. The molecule has 2 rings (SSSR count). The quantitative estimate of drug-likeness (QED) is 0.894. The predicted molar refractivity (Wildman–Crippen MR) is 84.0 cm³/mol. The smallest absolute Gasteiger partial charge is 0.346 e. The molecule has 0 aliphatic rings. The number of benzene rings is 1. The largest absolute Gasteiger partial charge is 0.416 e. The molecule has 0 radical (unpaired) electrons. The minimum Gasteiger partial charge on any atom is -0.346 e. The molecule has 128 valence electrons. The van der Waals surface area contributed by atoms with Crippen molar-refractivity contribution in [1.29, 1.82) is 0 Å². The molecule has 0 bridgehead atoms. The summed E-state index contributed by atoms with van der Waals surface area (Å²) in [5, 5.41) is 5.61. The highest BCUT2D eigenvalue weighted by Crippen LogP contribution is 2.30. The molecule has 1 heterocycles. The van der Waals surface area contributed by atoms with Gasteiger partial charge in [0, 0.05) is 17.3 Å². The first-order valence-electron chi connectivity index (χ1n) is 7.13. The number of hydrogen-bond acceptors (Lipinski definition) is 4. The average molecular weight is 338 g/mol. The number of nitrogens with zero attached hydrogens (tertiary/aromatic N) is 2. The highest BCUT2D eigenvalue weighted by atomic mass is 19.4. The first-order valence-corrected chi connectivity index (χ1v) is 7.13. The van der Waals surface area contributed by atoms with E-state index in [-0.39, 0.29) is 11.6 Å². The Morgan fingerprint density at radius 1 is 1.04 bits per heavy atom. The van der Waals surface area contributed by atoms with Gasteiger partial charge in [-0.15, -0.1) is 0 Å². The first kappa shape index (κ1) is 17.7. The molecule has 24 heavy (non-hydrogen) atoms. The van der Waals surface area contributed by atoms with Gasteiger partial charge in [-0.1, -0.05) is 0 Å². The van der Waals surface area contributed by atoms with Crippen molar-refractivity contribution < 1.29 is 18.0 Å². The Hall–Kier alpha value is -2.64. The molecule has 0 saturated heterocycles. The van der Waals surface area contributed by atoms with Crippen LogP contribution >= 0.6 is 0 Å². The van der Waals surface area contributed by atoms with Crippen molar-refractivity contribution in [2.75, 3.05) is 5.32 Å². The van der Waals surface area contributed by atoms with Gasteiger partial charge in [0.25, 0.3) is 5.91 Å². The zero-order valence-corrected chi connectivity index (χ0v) is 13.4. The zero-order chi connectivity index (χ0) is 18.0. The van der Waals surface area contributed by atoms with Crippen LogP contribution in [0.3, 0.4) is 0 Å². The molecule has 2 N–H and O–H groups in total. The standard InChI is InChI=1S/C16H17F3N4O/c1-15(2,3)23-14(24)12-8-13(21-9-20-12)22-11-6-4-10(5-7-11)16(17,18)19/h4-9H,1-3H3,(H,23,24)(H,20,21,22). The zero-order valence-electron chi connectivity index (χ0n) is 13.4. The van der Waals surface area contributed by atoms with Crippen molar-refractivity contribution in [2.45, 2.75) is 32.5 Å². The first-order chi connectivity index (χ1) is 11.0. The third-order valence-corrected chi connectivity index (χ3v) is 2.87. The van der Waals surface area contributed by atoms with Crippen LogP contribution in [0.1, 0.15) is 36.8 Å². The summed E-state index contributed by atoms with van der Waals surface area (Å²) in [4.78, 5) is 19.9. The molecule has 0 aliphatic carbocycles. The van der Waals surface area contributed by atoms with Gasteiger partial charge in [0.05, 0.1) is 5.56 Å². The van der Waals surface area contributed by atoms with Crippen LogP contribution in [0.2, 0.25) is 0 Å². The van der Waals surface area contributed by atoms with Gasteiger partial charge in [0.15, 0.2) is 0 Å². The SMILES string of the molecule is CC(C)(C)NC(=O)c1cc(Nc2ccc(C(F)(F)F)cc2)ncn1. The van der Waals surface area contributed by atoms with Crippen molar-refractivity contribution in [1.82, 2.24) is 15.3 Å². The number of carbonyl (C=O) groups is 1. The van der Waals surface area contributed by atoms with Crippen LogP contribution in [0.4, 0.5) is 24.7 Å². The third kappa shape index (κ3) is 4.94. The van der Waals surface area contributed by atoms with E-state index in [1.54, 1.807) is 0 Å². The number of anilines is 2. The van der Waals surface area contributed by atoms with Gasteiger partial charge in [-0.25, -0.2) is 9.97 Å². The molecular formula is C16H17F3N4O. The number of hydrogen-bond donors (Lipinski definition) is 2. The van der Waals surface area contributed by atoms with E-state index in [0.717, 1.165) is 12.1 Å². The minimum absolute atomic E-state index is 0.161. The summed E-state index contributed by atoms with van der Waals surface area (Å²) in [7, 11) is 0. The van der Waals surface area contributed by atoms with Crippen LogP contribution in [-0.4, -0.2) is 21.4 Å². The summed E-state index contributed by atoms with van der Waals surface area (Å²) in [5.74, 6) is -0.0517. The number of rotatable bonds is 3. The Morgan fingerprint density at radius 2 is 1.67 bits per heavy atom. The van der Waals surface area contributed by atoms with Gasteiger partial charge in [-0.2, -0.15) is 13.2 Å². The molecule has 0 unspecified atom stereocenters. The van der Waals surface area contributed by atoms with Gasteiger partial charge < -0.3 is 10.6 Å². The lowest BCUT2D eigenvalue weighted by atomic mass is 10.1. The Morgan fingerprint density at radius 3 is 2.21 bits per heavy atom. The van der Waals surface area contributed by atoms with Crippen molar-refractivity contribution >= 4 is 17.4 Å². The van der Waals surface area contributed by atoms with Crippen molar-refractivity contribution in [3.05, 3.63) is 47.9 Å². The highest BCUT2D eigenvalue weighted by molar-refractivity contribution is 5.93. The fraction of sp³-hybridized carbons (Fsp3) is 0.312. The lowest BCUT2D eigenvalue weighted by molar-refractivity contribution is -0.137. The van der Waals surface area contributed by atoms with Crippen LogP contribution in [-0.2, 0) is 6.18 Å². The van der Waals surface area contributed by atoms with Crippen LogP contribution in [0.5, 0.6) is 0 Å². The van der Waals surface area contributed by atoms with Gasteiger partial charge >= 0.3 is 6.18 Å². The van der Waals surface area contributed by atoms with Crippen LogP contribution in [0, 0.1) is 0 Å². The average Bonchev–Trinajstić information content (AvgIpc) is 2.45. The number of alkyl halides is 3. The Labute approximate surface area is 137 Å². The lowest BCUT2D eigenvalue weighted by Gasteiger charge is -2.20. The minimum atomic E-state index is -4.38. The third-order valence-electron chi connectivity index (χ3n) is 2.87. The maximum absolute atomic E-state index is 12.5.